The van der Waals surface area contributed by atoms with E-state index in [1.807, 2.05) is 12.1 Å². The maximum Gasteiger partial charge on any atom is 0.339 e. The van der Waals surface area contributed by atoms with Gasteiger partial charge < -0.3 is 19.8 Å². The molecule has 2 aromatic rings. The van der Waals surface area contributed by atoms with Gasteiger partial charge in [0.05, 0.1) is 19.3 Å². The molecule has 1 aliphatic carbocycles. The number of H-pyrrole nitrogens is 1. The number of aromatic nitrogens is 2. The smallest absolute Gasteiger partial charge is 0.339 e. The molecule has 7 nitrogen and oxygen atoms in total. The van der Waals surface area contributed by atoms with E-state index < -0.39 is 5.97 Å². The minimum absolute atomic E-state index is 0.283. The third-order valence-corrected chi connectivity index (χ3v) is 4.47. The van der Waals surface area contributed by atoms with Gasteiger partial charge in [0, 0.05) is 24.5 Å². The van der Waals surface area contributed by atoms with E-state index in [9.17, 15) is 9.59 Å². The molecule has 2 heterocycles. The van der Waals surface area contributed by atoms with Crippen LogP contribution in [0.15, 0.2) is 18.3 Å². The Kier molecular flexibility index (Phi) is 5.25. The monoisotopic (exact) mass is 357 g/mol. The molecule has 1 aliphatic rings. The van der Waals surface area contributed by atoms with Crippen LogP contribution >= 0.6 is 0 Å². The summed E-state index contributed by atoms with van der Waals surface area (Å²) in [5.41, 5.74) is 2.81. The number of hydrogen-bond donors (Lipinski definition) is 2. The summed E-state index contributed by atoms with van der Waals surface area (Å²) >= 11 is 0. The van der Waals surface area contributed by atoms with Crippen molar-refractivity contribution < 1.29 is 19.1 Å². The van der Waals surface area contributed by atoms with E-state index in [0.29, 0.717) is 40.9 Å². The molecule has 26 heavy (non-hydrogen) atoms. The van der Waals surface area contributed by atoms with Crippen LogP contribution < -0.4 is 10.1 Å². The highest BCUT2D eigenvalue weighted by molar-refractivity contribution is 6.00. The second-order valence-electron chi connectivity index (χ2n) is 6.56. The molecule has 2 aromatic heterocycles. The van der Waals surface area contributed by atoms with E-state index in [2.05, 4.69) is 15.3 Å². The molecule has 3 rings (SSSR count). The van der Waals surface area contributed by atoms with E-state index in [1.165, 1.54) is 20.0 Å². The average molecular weight is 357 g/mol. The molecule has 0 saturated heterocycles. The maximum atomic E-state index is 12.4. The molecule has 0 atom stereocenters. The number of ether oxygens (including phenoxy) is 2. The lowest BCUT2D eigenvalue weighted by Crippen LogP contribution is -2.24. The van der Waals surface area contributed by atoms with Crippen LogP contribution in [0.5, 0.6) is 5.88 Å². The number of carbonyl (C=O) groups is 2. The van der Waals surface area contributed by atoms with Crippen LogP contribution in [0.4, 0.5) is 0 Å². The van der Waals surface area contributed by atoms with Gasteiger partial charge in [-0.1, -0.05) is 6.07 Å². The minimum atomic E-state index is -0.457. The van der Waals surface area contributed by atoms with Crippen molar-refractivity contribution in [2.75, 3.05) is 13.7 Å². The van der Waals surface area contributed by atoms with Crippen molar-refractivity contribution in [2.45, 2.75) is 33.2 Å². The molecule has 1 fully saturated rings. The van der Waals surface area contributed by atoms with Gasteiger partial charge >= 0.3 is 5.97 Å². The molecule has 0 radical (unpaired) electrons. The standard InChI is InChI=1S/C19H23N3O4/c1-11-16(19(24)25-3)12(2)22-17(11)18(23)21-9-14-6-7-15(20-8-14)26-10-13-4-5-13/h6-8,13,22H,4-5,9-10H2,1-3H3,(H,21,23). The Hall–Kier alpha value is -2.83. The molecule has 0 bridgehead atoms. The van der Waals surface area contributed by atoms with E-state index >= 15 is 0 Å². The van der Waals surface area contributed by atoms with E-state index in [0.717, 1.165) is 12.2 Å². The van der Waals surface area contributed by atoms with Crippen molar-refractivity contribution in [1.82, 2.24) is 15.3 Å². The summed E-state index contributed by atoms with van der Waals surface area (Å²) in [6, 6.07) is 3.69. The summed E-state index contributed by atoms with van der Waals surface area (Å²) in [7, 11) is 1.32. The van der Waals surface area contributed by atoms with Gasteiger partial charge in [-0.25, -0.2) is 9.78 Å². The fraction of sp³-hybridized carbons (Fsp3) is 0.421. The number of pyridine rings is 1. The molecule has 0 aromatic carbocycles. The number of carbonyl (C=O) groups excluding carboxylic acids is 2. The predicted molar refractivity (Wildman–Crippen MR) is 95.2 cm³/mol. The Morgan fingerprint density at radius 2 is 2.08 bits per heavy atom. The van der Waals surface area contributed by atoms with Crippen LogP contribution in [0.2, 0.25) is 0 Å². The zero-order chi connectivity index (χ0) is 18.7. The van der Waals surface area contributed by atoms with Crippen molar-refractivity contribution in [3.8, 4) is 5.88 Å². The van der Waals surface area contributed by atoms with Crippen LogP contribution in [0, 0.1) is 19.8 Å². The minimum Gasteiger partial charge on any atom is -0.477 e. The molecule has 2 N–H and O–H groups in total. The van der Waals surface area contributed by atoms with Crippen LogP contribution in [-0.4, -0.2) is 35.6 Å². The van der Waals surface area contributed by atoms with Gasteiger partial charge in [0.1, 0.15) is 5.69 Å². The van der Waals surface area contributed by atoms with E-state index in [-0.39, 0.29) is 5.91 Å². The molecule has 0 aliphatic heterocycles. The predicted octanol–water partition coefficient (Wildman–Crippen LogP) is 2.53. The van der Waals surface area contributed by atoms with Gasteiger partial charge in [0.2, 0.25) is 5.88 Å². The van der Waals surface area contributed by atoms with Crippen LogP contribution in [-0.2, 0) is 11.3 Å². The van der Waals surface area contributed by atoms with E-state index in [4.69, 9.17) is 9.47 Å². The first kappa shape index (κ1) is 18.0. The maximum absolute atomic E-state index is 12.4. The first-order chi connectivity index (χ1) is 12.5. The molecule has 0 unspecified atom stereocenters. The second-order valence-corrected chi connectivity index (χ2v) is 6.56. The van der Waals surface area contributed by atoms with Crippen LogP contribution in [0.25, 0.3) is 0 Å². The quantitative estimate of drug-likeness (QED) is 0.743. The highest BCUT2D eigenvalue weighted by atomic mass is 16.5. The first-order valence-corrected chi connectivity index (χ1v) is 8.63. The Morgan fingerprint density at radius 3 is 2.69 bits per heavy atom. The zero-order valence-corrected chi connectivity index (χ0v) is 15.2. The molecule has 138 valence electrons. The average Bonchev–Trinajstić information content (AvgIpc) is 3.42. The number of methoxy groups -OCH3 is 1. The summed E-state index contributed by atoms with van der Waals surface area (Å²) in [6.45, 7) is 4.51. The third kappa shape index (κ3) is 4.04. The third-order valence-electron chi connectivity index (χ3n) is 4.47. The molecular formula is C19H23N3O4. The van der Waals surface area contributed by atoms with Gasteiger partial charge in [-0.2, -0.15) is 0 Å². The van der Waals surface area contributed by atoms with E-state index in [1.54, 1.807) is 20.0 Å². The number of amides is 1. The lowest BCUT2D eigenvalue weighted by molar-refractivity contribution is 0.0599. The van der Waals surface area contributed by atoms with Crippen molar-refractivity contribution in [3.63, 3.8) is 0 Å². The van der Waals surface area contributed by atoms with Gasteiger partial charge in [-0.3, -0.25) is 4.79 Å². The molecular weight excluding hydrogens is 334 g/mol. The Labute approximate surface area is 152 Å². The number of hydrogen-bond acceptors (Lipinski definition) is 5. The van der Waals surface area contributed by atoms with Gasteiger partial charge in [0.25, 0.3) is 5.91 Å². The number of esters is 1. The van der Waals surface area contributed by atoms with Crippen LogP contribution in [0.3, 0.4) is 0 Å². The van der Waals surface area contributed by atoms with Crippen LogP contribution in [0.1, 0.15) is 50.5 Å². The van der Waals surface area contributed by atoms with Gasteiger partial charge in [0.15, 0.2) is 0 Å². The lowest BCUT2D eigenvalue weighted by atomic mass is 10.1. The largest absolute Gasteiger partial charge is 0.477 e. The molecule has 0 spiro atoms. The Balaban J connectivity index is 1.59. The SMILES string of the molecule is COC(=O)c1c(C)[nH]c(C(=O)NCc2ccc(OCC3CC3)nc2)c1C. The van der Waals surface area contributed by atoms with Gasteiger partial charge in [-0.05, 0) is 43.7 Å². The molecule has 7 heteroatoms. The lowest BCUT2D eigenvalue weighted by Gasteiger charge is -2.07. The topological polar surface area (TPSA) is 93.3 Å². The van der Waals surface area contributed by atoms with Crippen molar-refractivity contribution in [1.29, 1.82) is 0 Å². The Morgan fingerprint density at radius 1 is 1.31 bits per heavy atom. The molecule has 1 saturated carbocycles. The Bertz CT molecular complexity index is 807. The molecule has 1 amide bonds. The summed E-state index contributed by atoms with van der Waals surface area (Å²) in [6.07, 6.45) is 4.16. The van der Waals surface area contributed by atoms with Crippen molar-refractivity contribution >= 4 is 11.9 Å². The number of aryl methyl sites for hydroxylation is 1. The second kappa shape index (κ2) is 7.59. The highest BCUT2D eigenvalue weighted by Crippen LogP contribution is 2.29. The number of nitrogens with zero attached hydrogens (tertiary/aromatic N) is 1. The highest BCUT2D eigenvalue weighted by Gasteiger charge is 2.23. The summed E-state index contributed by atoms with van der Waals surface area (Å²) in [5.74, 6) is 0.541. The number of aromatic amines is 1. The summed E-state index contributed by atoms with van der Waals surface area (Å²) < 4.78 is 10.4. The normalized spacial score (nSPS) is 13.3. The zero-order valence-electron chi connectivity index (χ0n) is 15.2. The number of nitrogens with one attached hydrogen (secondary N) is 2. The fourth-order valence-electron chi connectivity index (χ4n) is 2.74. The van der Waals surface area contributed by atoms with Gasteiger partial charge in [-0.15, -0.1) is 0 Å². The fourth-order valence-corrected chi connectivity index (χ4v) is 2.74. The van der Waals surface area contributed by atoms with Crippen molar-refractivity contribution in [2.24, 2.45) is 5.92 Å². The summed E-state index contributed by atoms with van der Waals surface area (Å²) in [5, 5.41) is 2.83. The van der Waals surface area contributed by atoms with Crippen molar-refractivity contribution in [3.05, 3.63) is 46.4 Å². The summed E-state index contributed by atoms with van der Waals surface area (Å²) in [4.78, 5) is 31.4. The first-order valence-electron chi connectivity index (χ1n) is 8.63. The number of rotatable bonds is 7.